The van der Waals surface area contributed by atoms with Crippen molar-refractivity contribution in [1.82, 2.24) is 9.47 Å². The van der Waals surface area contributed by atoms with Gasteiger partial charge in [-0.2, -0.15) is 0 Å². The monoisotopic (exact) mass is 487 g/mol. The summed E-state index contributed by atoms with van der Waals surface area (Å²) in [6, 6.07) is 14.8. The highest BCUT2D eigenvalue weighted by Gasteiger charge is 2.32. The molecule has 1 N–H and O–H groups in total. The largest absolute Gasteiger partial charge is 0.478 e. The van der Waals surface area contributed by atoms with E-state index >= 15 is 0 Å². The maximum atomic E-state index is 13.2. The van der Waals surface area contributed by atoms with Crippen molar-refractivity contribution in [3.63, 3.8) is 0 Å². The van der Waals surface area contributed by atoms with Gasteiger partial charge in [0.25, 0.3) is 5.91 Å². The standard InChI is InChI=1S/C28H29N3O3S/c1-6-20-10-8-9-17(3)25(20)31-18(4)15-22(19(31)5)16-24-26(32)30(7-2)28(35-24)29-23-13-11-21(12-14-23)27(33)34/h8-16H,6-7H2,1-5H3,(H,33,34)/b24-16-,29-28?. The first-order valence-electron chi connectivity index (χ1n) is 11.7. The highest BCUT2D eigenvalue weighted by atomic mass is 32.2. The van der Waals surface area contributed by atoms with Crippen molar-refractivity contribution < 1.29 is 14.7 Å². The summed E-state index contributed by atoms with van der Waals surface area (Å²) in [5, 5.41) is 9.70. The molecule has 7 heteroatoms. The molecule has 35 heavy (non-hydrogen) atoms. The molecule has 0 atom stereocenters. The molecule has 2 aromatic carbocycles. The van der Waals surface area contributed by atoms with Crippen LogP contribution in [0.4, 0.5) is 5.69 Å². The number of carboxylic acid groups (broad SMARTS) is 1. The molecule has 0 unspecified atom stereocenters. The summed E-state index contributed by atoms with van der Waals surface area (Å²) in [5.74, 6) is -1.06. The smallest absolute Gasteiger partial charge is 0.335 e. The van der Waals surface area contributed by atoms with Crippen LogP contribution in [0.15, 0.2) is 58.4 Å². The molecule has 2 heterocycles. The number of thioether (sulfide) groups is 1. The van der Waals surface area contributed by atoms with Gasteiger partial charge in [0.05, 0.1) is 21.8 Å². The average molecular weight is 488 g/mol. The topological polar surface area (TPSA) is 74.9 Å². The highest BCUT2D eigenvalue weighted by Crippen LogP contribution is 2.36. The van der Waals surface area contributed by atoms with Crippen LogP contribution in [0.1, 0.15) is 52.3 Å². The second-order valence-electron chi connectivity index (χ2n) is 8.50. The third-order valence-electron chi connectivity index (χ3n) is 6.23. The number of carbonyl (C=O) groups is 2. The molecule has 180 valence electrons. The third-order valence-corrected chi connectivity index (χ3v) is 7.23. The predicted molar refractivity (Wildman–Crippen MR) is 143 cm³/mol. The first kappa shape index (κ1) is 24.5. The number of amidine groups is 1. The minimum atomic E-state index is -0.982. The third kappa shape index (κ3) is 4.68. The summed E-state index contributed by atoms with van der Waals surface area (Å²) in [6.45, 7) is 10.9. The number of hydrogen-bond acceptors (Lipinski definition) is 4. The Balaban J connectivity index is 1.71. The SMILES string of the molecule is CCc1cccc(C)c1-n1c(C)cc(/C=C2\SC(=Nc3ccc(C(=O)O)cc3)N(CC)C2=O)c1C. The zero-order chi connectivity index (χ0) is 25.3. The molecule has 4 rings (SSSR count). The van der Waals surface area contributed by atoms with Crippen LogP contribution in [0, 0.1) is 20.8 Å². The first-order chi connectivity index (χ1) is 16.7. The molecule has 0 saturated carbocycles. The molecule has 1 aliphatic rings. The summed E-state index contributed by atoms with van der Waals surface area (Å²) < 4.78 is 2.28. The van der Waals surface area contributed by atoms with Crippen LogP contribution in [0.3, 0.4) is 0 Å². The lowest BCUT2D eigenvalue weighted by Crippen LogP contribution is -2.28. The number of nitrogens with zero attached hydrogens (tertiary/aromatic N) is 3. The lowest BCUT2D eigenvalue weighted by atomic mass is 10.1. The molecular formula is C28H29N3O3S. The zero-order valence-electron chi connectivity index (χ0n) is 20.6. The van der Waals surface area contributed by atoms with Gasteiger partial charge >= 0.3 is 5.97 Å². The van der Waals surface area contributed by atoms with Gasteiger partial charge in [-0.15, -0.1) is 0 Å². The van der Waals surface area contributed by atoms with Crippen molar-refractivity contribution in [3.8, 4) is 5.69 Å². The van der Waals surface area contributed by atoms with E-state index in [1.54, 1.807) is 17.0 Å². The van der Waals surface area contributed by atoms with E-state index in [-0.39, 0.29) is 11.5 Å². The van der Waals surface area contributed by atoms with Crippen molar-refractivity contribution in [2.24, 2.45) is 4.99 Å². The van der Waals surface area contributed by atoms with E-state index in [0.717, 1.165) is 23.4 Å². The lowest BCUT2D eigenvalue weighted by Gasteiger charge is -2.17. The molecule has 3 aromatic rings. The van der Waals surface area contributed by atoms with Crippen molar-refractivity contribution in [2.75, 3.05) is 6.54 Å². The van der Waals surface area contributed by atoms with Gasteiger partial charge in [-0.1, -0.05) is 25.1 Å². The number of likely N-dealkylation sites (N-methyl/N-ethyl adjacent to an activating group) is 1. The summed E-state index contributed by atoms with van der Waals surface area (Å²) in [6.07, 6.45) is 2.89. The number of benzene rings is 2. The van der Waals surface area contributed by atoms with Gasteiger partial charge in [-0.05, 0) is 99.0 Å². The normalized spacial score (nSPS) is 16.0. The van der Waals surface area contributed by atoms with Gasteiger partial charge < -0.3 is 9.67 Å². The number of para-hydroxylation sites is 1. The number of aromatic carboxylic acids is 1. The van der Waals surface area contributed by atoms with E-state index in [9.17, 15) is 9.59 Å². The average Bonchev–Trinajstić information content (AvgIpc) is 3.28. The number of carbonyl (C=O) groups excluding carboxylic acids is 1. The van der Waals surface area contributed by atoms with E-state index in [0.29, 0.717) is 22.3 Å². The summed E-state index contributed by atoms with van der Waals surface area (Å²) in [5.41, 5.74) is 7.74. The maximum Gasteiger partial charge on any atom is 0.335 e. The van der Waals surface area contributed by atoms with Crippen LogP contribution >= 0.6 is 11.8 Å². The van der Waals surface area contributed by atoms with E-state index in [4.69, 9.17) is 5.11 Å². The highest BCUT2D eigenvalue weighted by molar-refractivity contribution is 8.18. The molecule has 0 spiro atoms. The predicted octanol–water partition coefficient (Wildman–Crippen LogP) is 6.29. The van der Waals surface area contributed by atoms with E-state index in [2.05, 4.69) is 61.5 Å². The molecule has 0 radical (unpaired) electrons. The second kappa shape index (κ2) is 9.96. The van der Waals surface area contributed by atoms with Crippen molar-refractivity contribution in [2.45, 2.75) is 41.0 Å². The van der Waals surface area contributed by atoms with Gasteiger partial charge in [0.1, 0.15) is 0 Å². The van der Waals surface area contributed by atoms with Gasteiger partial charge in [-0.3, -0.25) is 9.69 Å². The number of amides is 1. The summed E-state index contributed by atoms with van der Waals surface area (Å²) >= 11 is 1.34. The number of hydrogen-bond donors (Lipinski definition) is 1. The minimum absolute atomic E-state index is 0.0756. The number of aromatic nitrogens is 1. The van der Waals surface area contributed by atoms with Crippen LogP contribution < -0.4 is 0 Å². The van der Waals surface area contributed by atoms with Crippen molar-refractivity contribution >= 4 is 40.6 Å². The Morgan fingerprint density at radius 2 is 1.80 bits per heavy atom. The van der Waals surface area contributed by atoms with Gasteiger partial charge in [0.15, 0.2) is 5.17 Å². The molecule has 0 bridgehead atoms. The molecular weight excluding hydrogens is 458 g/mol. The van der Waals surface area contributed by atoms with E-state index in [1.165, 1.54) is 40.7 Å². The Kier molecular flexibility index (Phi) is 6.98. The molecule has 1 aromatic heterocycles. The van der Waals surface area contributed by atoms with Gasteiger partial charge in [-0.25, -0.2) is 9.79 Å². The molecule has 0 aliphatic carbocycles. The van der Waals surface area contributed by atoms with E-state index < -0.39 is 5.97 Å². The minimum Gasteiger partial charge on any atom is -0.478 e. The molecule has 1 amide bonds. The van der Waals surface area contributed by atoms with Crippen molar-refractivity contribution in [1.29, 1.82) is 0 Å². The van der Waals surface area contributed by atoms with Crippen molar-refractivity contribution in [3.05, 3.63) is 87.1 Å². The number of carboxylic acids is 1. The number of rotatable bonds is 6. The zero-order valence-corrected chi connectivity index (χ0v) is 21.4. The Bertz CT molecular complexity index is 1370. The quantitative estimate of drug-likeness (QED) is 0.415. The number of aliphatic imine (C=N–C) groups is 1. The van der Waals surface area contributed by atoms with Gasteiger partial charge in [0, 0.05) is 17.9 Å². The van der Waals surface area contributed by atoms with Crippen LogP contribution in [0.25, 0.3) is 11.8 Å². The van der Waals surface area contributed by atoms with Crippen LogP contribution in [0.2, 0.25) is 0 Å². The maximum absolute atomic E-state index is 13.2. The van der Waals surface area contributed by atoms with E-state index in [1.807, 2.05) is 13.0 Å². The summed E-state index contributed by atoms with van der Waals surface area (Å²) in [7, 11) is 0. The van der Waals surface area contributed by atoms with Gasteiger partial charge in [0.2, 0.25) is 0 Å². The molecule has 1 saturated heterocycles. The second-order valence-corrected chi connectivity index (χ2v) is 9.51. The van der Waals surface area contributed by atoms with Crippen LogP contribution in [0.5, 0.6) is 0 Å². The molecule has 1 aliphatic heterocycles. The molecule has 1 fully saturated rings. The lowest BCUT2D eigenvalue weighted by molar-refractivity contribution is -0.122. The molecule has 6 nitrogen and oxygen atoms in total. The number of aryl methyl sites for hydroxylation is 3. The van der Waals surface area contributed by atoms with Crippen LogP contribution in [-0.2, 0) is 11.2 Å². The summed E-state index contributed by atoms with van der Waals surface area (Å²) in [4.78, 5) is 31.2. The first-order valence-corrected chi connectivity index (χ1v) is 12.5. The van der Waals surface area contributed by atoms with Crippen LogP contribution in [-0.4, -0.2) is 38.2 Å². The Morgan fingerprint density at radius 3 is 2.43 bits per heavy atom. The fourth-order valence-corrected chi connectivity index (χ4v) is 5.46. The Labute approximate surface area is 210 Å². The Morgan fingerprint density at radius 1 is 1.09 bits per heavy atom. The fraction of sp³-hybridized carbons (Fsp3) is 0.250. The Hall–Kier alpha value is -3.58. The fourth-order valence-electron chi connectivity index (χ4n) is 4.40.